The average molecular weight is 455 g/mol. The summed E-state index contributed by atoms with van der Waals surface area (Å²) in [5.41, 5.74) is 2.03. The minimum Gasteiger partial charge on any atom is -0.315 e. The van der Waals surface area contributed by atoms with Crippen LogP contribution < -0.4 is 10.6 Å². The van der Waals surface area contributed by atoms with Gasteiger partial charge in [-0.3, -0.25) is 4.79 Å². The van der Waals surface area contributed by atoms with Gasteiger partial charge in [-0.1, -0.05) is 43.1 Å². The van der Waals surface area contributed by atoms with E-state index in [1.807, 2.05) is 45.9 Å². The molecular formula is C22H39BrN4O. The lowest BCUT2D eigenvalue weighted by Gasteiger charge is -2.18. The summed E-state index contributed by atoms with van der Waals surface area (Å²) in [5, 5.41) is 6.57. The van der Waals surface area contributed by atoms with Crippen LogP contribution in [0.1, 0.15) is 58.9 Å². The first-order valence-electron chi connectivity index (χ1n) is 10.6. The van der Waals surface area contributed by atoms with Crippen molar-refractivity contribution in [2.75, 3.05) is 32.7 Å². The van der Waals surface area contributed by atoms with Crippen LogP contribution in [0.3, 0.4) is 0 Å². The molecule has 0 bridgehead atoms. The predicted molar refractivity (Wildman–Crippen MR) is 126 cm³/mol. The quantitative estimate of drug-likeness (QED) is 0.359. The van der Waals surface area contributed by atoms with Gasteiger partial charge in [-0.2, -0.15) is 0 Å². The molecule has 160 valence electrons. The number of carbonyl (C=O) groups excluding carboxylic acids is 1. The highest BCUT2D eigenvalue weighted by atomic mass is 79.9. The van der Waals surface area contributed by atoms with Crippen LogP contribution in [0.25, 0.3) is 0 Å². The molecule has 28 heavy (non-hydrogen) atoms. The number of hydrogen-bond donors (Lipinski definition) is 2. The highest BCUT2D eigenvalue weighted by Gasteiger charge is 2.09. The van der Waals surface area contributed by atoms with Crippen LogP contribution in [0.15, 0.2) is 27.7 Å². The van der Waals surface area contributed by atoms with E-state index in [0.29, 0.717) is 6.54 Å². The topological polar surface area (TPSA) is 56.7 Å². The monoisotopic (exact) mass is 454 g/mol. The summed E-state index contributed by atoms with van der Waals surface area (Å²) in [6.07, 6.45) is 5.11. The molecule has 1 aromatic rings. The first-order chi connectivity index (χ1) is 13.6. The van der Waals surface area contributed by atoms with E-state index in [-0.39, 0.29) is 0 Å². The minimum absolute atomic E-state index is 0.654. The molecule has 1 saturated heterocycles. The molecule has 1 amide bonds. The first kappa shape index (κ1) is 26.8. The van der Waals surface area contributed by atoms with Crippen LogP contribution >= 0.6 is 15.9 Å². The number of halogens is 1. The van der Waals surface area contributed by atoms with Gasteiger partial charge in [-0.05, 0) is 63.5 Å². The van der Waals surface area contributed by atoms with Crippen molar-refractivity contribution in [3.63, 3.8) is 0 Å². The maximum Gasteiger partial charge on any atom is 0.215 e. The molecule has 5 nitrogen and oxygen atoms in total. The van der Waals surface area contributed by atoms with Gasteiger partial charge in [0.05, 0.1) is 5.69 Å². The Kier molecular flexibility index (Phi) is 17.0. The lowest BCUT2D eigenvalue weighted by Crippen LogP contribution is -2.29. The molecule has 2 N–H and O–H groups in total. The van der Waals surface area contributed by atoms with Crippen molar-refractivity contribution < 1.29 is 4.79 Å². The van der Waals surface area contributed by atoms with E-state index in [0.717, 1.165) is 60.3 Å². The largest absolute Gasteiger partial charge is 0.315 e. The molecule has 0 aliphatic carbocycles. The normalized spacial score (nSPS) is 14.0. The Morgan fingerprint density at radius 1 is 1.18 bits per heavy atom. The van der Waals surface area contributed by atoms with Crippen molar-refractivity contribution >= 4 is 33.9 Å². The van der Waals surface area contributed by atoms with Gasteiger partial charge in [0.1, 0.15) is 5.84 Å². The van der Waals surface area contributed by atoms with Crippen molar-refractivity contribution in [1.29, 1.82) is 0 Å². The molecule has 1 aliphatic heterocycles. The molecule has 0 aromatic heterocycles. The Morgan fingerprint density at radius 2 is 1.82 bits per heavy atom. The van der Waals surface area contributed by atoms with Crippen molar-refractivity contribution in [1.82, 2.24) is 15.5 Å². The molecule has 0 spiro atoms. The number of aryl methyl sites for hydroxylation is 1. The second-order valence-electron chi connectivity index (χ2n) is 6.31. The molecular weight excluding hydrogens is 416 g/mol. The summed E-state index contributed by atoms with van der Waals surface area (Å²) in [6, 6.07) is 5.98. The van der Waals surface area contributed by atoms with Gasteiger partial charge in [0.15, 0.2) is 0 Å². The zero-order valence-corrected chi connectivity index (χ0v) is 19.9. The van der Waals surface area contributed by atoms with E-state index in [1.165, 1.54) is 19.5 Å². The fourth-order valence-corrected chi connectivity index (χ4v) is 3.04. The van der Waals surface area contributed by atoms with Crippen LogP contribution in [0.5, 0.6) is 0 Å². The highest BCUT2D eigenvalue weighted by Crippen LogP contribution is 2.23. The van der Waals surface area contributed by atoms with Crippen molar-refractivity contribution in [3.8, 4) is 0 Å². The van der Waals surface area contributed by atoms with E-state index in [9.17, 15) is 4.79 Å². The standard InChI is InChI=1S/C15H21BrN2O.C5H12N2.C2H6/c1-4-6-7-15(18(5-2)11-19)17-14-9-8-13(16)10-12(14)3;1-2-6-4-5-7-3-1;1-2/h8-11H,4-7H2,1-3H3;6-7H,1-5H2;1-2H3. The third-order valence-corrected chi connectivity index (χ3v) is 4.64. The lowest BCUT2D eigenvalue weighted by molar-refractivity contribution is -0.114. The summed E-state index contributed by atoms with van der Waals surface area (Å²) in [7, 11) is 0. The van der Waals surface area contributed by atoms with Crippen LogP contribution in [0.2, 0.25) is 0 Å². The number of aliphatic imine (C=N–C) groups is 1. The SMILES string of the molecule is C1CNCCNC1.CC.CCCCC(=Nc1ccc(Br)cc1C)N(C=O)CC. The fraction of sp³-hybridized carbons (Fsp3) is 0.636. The lowest BCUT2D eigenvalue weighted by atomic mass is 10.2. The van der Waals surface area contributed by atoms with E-state index in [2.05, 4.69) is 38.5 Å². The fourth-order valence-electron chi connectivity index (χ4n) is 2.57. The number of unbranched alkanes of at least 4 members (excludes halogenated alkanes) is 1. The number of nitrogens with one attached hydrogen (secondary N) is 2. The summed E-state index contributed by atoms with van der Waals surface area (Å²) in [4.78, 5) is 17.5. The van der Waals surface area contributed by atoms with Gasteiger partial charge >= 0.3 is 0 Å². The molecule has 0 saturated carbocycles. The molecule has 1 fully saturated rings. The number of rotatable bonds is 6. The number of nitrogens with zero attached hydrogens (tertiary/aromatic N) is 2. The number of hydrogen-bond acceptors (Lipinski definition) is 4. The van der Waals surface area contributed by atoms with Gasteiger partial charge in [0.2, 0.25) is 6.41 Å². The van der Waals surface area contributed by atoms with Gasteiger partial charge in [-0.15, -0.1) is 0 Å². The van der Waals surface area contributed by atoms with E-state index < -0.39 is 0 Å². The molecule has 1 heterocycles. The zero-order valence-electron chi connectivity index (χ0n) is 18.4. The van der Waals surface area contributed by atoms with Crippen molar-refractivity contribution in [2.45, 2.75) is 60.3 Å². The highest BCUT2D eigenvalue weighted by molar-refractivity contribution is 9.10. The van der Waals surface area contributed by atoms with Gasteiger partial charge in [0.25, 0.3) is 0 Å². The zero-order chi connectivity index (χ0) is 21.2. The number of amidine groups is 1. The summed E-state index contributed by atoms with van der Waals surface area (Å²) in [5.74, 6) is 0.852. The minimum atomic E-state index is 0.654. The van der Waals surface area contributed by atoms with Gasteiger partial charge < -0.3 is 15.5 Å². The van der Waals surface area contributed by atoms with Crippen LogP contribution in [-0.4, -0.2) is 49.9 Å². The second kappa shape index (κ2) is 17.8. The Morgan fingerprint density at radius 3 is 2.32 bits per heavy atom. The molecule has 1 aliphatic rings. The maximum absolute atomic E-state index is 11.1. The maximum atomic E-state index is 11.1. The molecule has 6 heteroatoms. The van der Waals surface area contributed by atoms with Crippen LogP contribution in [0, 0.1) is 6.92 Å². The number of amides is 1. The molecule has 0 atom stereocenters. The average Bonchev–Trinajstić information content (AvgIpc) is 3.04. The van der Waals surface area contributed by atoms with Gasteiger partial charge in [-0.25, -0.2) is 4.99 Å². The summed E-state index contributed by atoms with van der Waals surface area (Å²) in [6.45, 7) is 15.4. The van der Waals surface area contributed by atoms with Crippen molar-refractivity contribution in [3.05, 3.63) is 28.2 Å². The molecule has 1 aromatic carbocycles. The van der Waals surface area contributed by atoms with E-state index >= 15 is 0 Å². The number of benzene rings is 1. The van der Waals surface area contributed by atoms with Gasteiger partial charge in [0, 0.05) is 30.5 Å². The van der Waals surface area contributed by atoms with E-state index in [1.54, 1.807) is 4.90 Å². The van der Waals surface area contributed by atoms with Crippen molar-refractivity contribution in [2.24, 2.45) is 4.99 Å². The Labute approximate surface area is 180 Å². The first-order valence-corrected chi connectivity index (χ1v) is 11.4. The molecule has 0 radical (unpaired) electrons. The van der Waals surface area contributed by atoms with Crippen LogP contribution in [0.4, 0.5) is 5.69 Å². The third kappa shape index (κ3) is 11.6. The smallest absolute Gasteiger partial charge is 0.215 e. The third-order valence-electron chi connectivity index (χ3n) is 4.15. The Hall–Kier alpha value is -1.24. The Balaban J connectivity index is 0.000000670. The van der Waals surface area contributed by atoms with Crippen LogP contribution in [-0.2, 0) is 4.79 Å². The molecule has 2 rings (SSSR count). The predicted octanol–water partition coefficient (Wildman–Crippen LogP) is 5.05. The second-order valence-corrected chi connectivity index (χ2v) is 7.22. The summed E-state index contributed by atoms with van der Waals surface area (Å²) >= 11 is 3.45. The Bertz CT molecular complexity index is 544. The molecule has 0 unspecified atom stereocenters. The summed E-state index contributed by atoms with van der Waals surface area (Å²) < 4.78 is 1.04. The number of carbonyl (C=O) groups is 1. The van der Waals surface area contributed by atoms with E-state index in [4.69, 9.17) is 0 Å².